The van der Waals surface area contributed by atoms with E-state index in [-0.39, 0.29) is 18.5 Å². The van der Waals surface area contributed by atoms with Crippen LogP contribution in [-0.4, -0.2) is 78.4 Å². The predicted molar refractivity (Wildman–Crippen MR) is 77.2 cm³/mol. The van der Waals surface area contributed by atoms with Crippen LogP contribution in [0.4, 0.5) is 4.79 Å². The van der Waals surface area contributed by atoms with Crippen LogP contribution in [0.5, 0.6) is 0 Å². The third-order valence-corrected chi connectivity index (χ3v) is 4.21. The topological polar surface area (TPSA) is 82.1 Å². The fourth-order valence-corrected chi connectivity index (χ4v) is 2.94. The quantitative estimate of drug-likeness (QED) is 0.766. The first-order chi connectivity index (χ1) is 10.1. The first-order valence-corrected chi connectivity index (χ1v) is 7.66. The molecule has 0 radical (unpaired) electrons. The van der Waals surface area contributed by atoms with Crippen LogP contribution in [0.2, 0.25) is 0 Å². The Hall–Kier alpha value is -1.34. The van der Waals surface area contributed by atoms with Gasteiger partial charge in [0.05, 0.1) is 25.7 Å². The van der Waals surface area contributed by atoms with Crippen LogP contribution >= 0.6 is 0 Å². The summed E-state index contributed by atoms with van der Waals surface area (Å²) in [5.74, 6) is -0.909. The normalized spacial score (nSPS) is 24.8. The van der Waals surface area contributed by atoms with Crippen LogP contribution < -0.4 is 5.32 Å². The van der Waals surface area contributed by atoms with Gasteiger partial charge in [-0.15, -0.1) is 0 Å². The number of rotatable bonds is 5. The van der Waals surface area contributed by atoms with Crippen molar-refractivity contribution < 1.29 is 19.4 Å². The number of carbonyl (C=O) groups is 2. The van der Waals surface area contributed by atoms with E-state index in [9.17, 15) is 9.59 Å². The molecule has 2 rings (SSSR count). The number of aliphatic carboxylic acids is 1. The minimum Gasteiger partial charge on any atom is -0.481 e. The van der Waals surface area contributed by atoms with Crippen LogP contribution in [-0.2, 0) is 9.53 Å². The molecule has 7 heteroatoms. The maximum absolute atomic E-state index is 12.3. The number of nitrogens with zero attached hydrogens (tertiary/aromatic N) is 2. The fraction of sp³-hybridized carbons (Fsp3) is 0.857. The summed E-state index contributed by atoms with van der Waals surface area (Å²) < 4.78 is 5.28. The highest BCUT2D eigenvalue weighted by atomic mass is 16.5. The van der Waals surface area contributed by atoms with E-state index < -0.39 is 5.97 Å². The minimum absolute atomic E-state index is 0.0743. The Labute approximate surface area is 125 Å². The molecule has 2 aliphatic rings. The average Bonchev–Trinajstić information content (AvgIpc) is 2.98. The van der Waals surface area contributed by atoms with Gasteiger partial charge in [-0.1, -0.05) is 0 Å². The number of hydrogen-bond acceptors (Lipinski definition) is 4. The summed E-state index contributed by atoms with van der Waals surface area (Å²) >= 11 is 0. The Morgan fingerprint density at radius 2 is 2.05 bits per heavy atom. The molecule has 2 fully saturated rings. The Kier molecular flexibility index (Phi) is 5.81. The van der Waals surface area contributed by atoms with E-state index in [4.69, 9.17) is 9.84 Å². The minimum atomic E-state index is -0.909. The van der Waals surface area contributed by atoms with E-state index in [1.165, 1.54) is 12.8 Å². The summed E-state index contributed by atoms with van der Waals surface area (Å²) in [6, 6.07) is -0.246. The molecule has 0 bridgehead atoms. The van der Waals surface area contributed by atoms with Gasteiger partial charge >= 0.3 is 12.0 Å². The number of carboxylic acids is 1. The SMILES string of the molecule is CC(CNC(=O)N1CCOCC1CC(=O)O)N1CCCC1. The molecule has 7 nitrogen and oxygen atoms in total. The van der Waals surface area contributed by atoms with Crippen LogP contribution in [0.3, 0.4) is 0 Å². The number of carbonyl (C=O) groups excluding carboxylic acids is 1. The van der Waals surface area contributed by atoms with Gasteiger partial charge in [0, 0.05) is 19.1 Å². The number of urea groups is 1. The van der Waals surface area contributed by atoms with Crippen molar-refractivity contribution in [3.8, 4) is 0 Å². The van der Waals surface area contributed by atoms with E-state index in [2.05, 4.69) is 17.1 Å². The van der Waals surface area contributed by atoms with Crippen LogP contribution in [0.1, 0.15) is 26.2 Å². The molecule has 2 amide bonds. The lowest BCUT2D eigenvalue weighted by Gasteiger charge is -2.35. The van der Waals surface area contributed by atoms with Gasteiger partial charge in [-0.05, 0) is 32.9 Å². The molecule has 2 aliphatic heterocycles. The zero-order chi connectivity index (χ0) is 15.2. The second kappa shape index (κ2) is 7.61. The molecule has 2 unspecified atom stereocenters. The molecule has 2 heterocycles. The molecular formula is C14H25N3O4. The monoisotopic (exact) mass is 299 g/mol. The van der Waals surface area contributed by atoms with E-state index in [0.717, 1.165) is 13.1 Å². The summed E-state index contributed by atoms with van der Waals surface area (Å²) in [6.07, 6.45) is 2.37. The van der Waals surface area contributed by atoms with Crippen LogP contribution in [0, 0.1) is 0 Å². The van der Waals surface area contributed by atoms with Gasteiger partial charge in [0.25, 0.3) is 0 Å². The number of likely N-dealkylation sites (tertiary alicyclic amines) is 1. The summed E-state index contributed by atoms with van der Waals surface area (Å²) in [5.41, 5.74) is 0. The van der Waals surface area contributed by atoms with E-state index in [0.29, 0.717) is 32.3 Å². The highest BCUT2D eigenvalue weighted by Gasteiger charge is 2.29. The van der Waals surface area contributed by atoms with Gasteiger partial charge in [-0.25, -0.2) is 4.79 Å². The Morgan fingerprint density at radius 1 is 1.33 bits per heavy atom. The van der Waals surface area contributed by atoms with Crippen molar-refractivity contribution in [1.82, 2.24) is 15.1 Å². The van der Waals surface area contributed by atoms with Crippen molar-refractivity contribution in [3.63, 3.8) is 0 Å². The molecule has 120 valence electrons. The molecule has 2 N–H and O–H groups in total. The second-order valence-electron chi connectivity index (χ2n) is 5.80. The van der Waals surface area contributed by atoms with Crippen molar-refractivity contribution in [2.75, 3.05) is 39.4 Å². The first kappa shape index (κ1) is 16.0. The molecule has 0 aromatic heterocycles. The van der Waals surface area contributed by atoms with E-state index in [1.54, 1.807) is 4.90 Å². The molecule has 2 saturated heterocycles. The van der Waals surface area contributed by atoms with Gasteiger partial charge < -0.3 is 20.1 Å². The molecule has 0 aromatic rings. The van der Waals surface area contributed by atoms with Crippen molar-refractivity contribution >= 4 is 12.0 Å². The molecule has 0 aromatic carbocycles. The number of nitrogens with one attached hydrogen (secondary N) is 1. The lowest BCUT2D eigenvalue weighted by atomic mass is 10.1. The molecule has 21 heavy (non-hydrogen) atoms. The number of morpholine rings is 1. The summed E-state index contributed by atoms with van der Waals surface area (Å²) in [7, 11) is 0. The average molecular weight is 299 g/mol. The Balaban J connectivity index is 1.81. The highest BCUT2D eigenvalue weighted by molar-refractivity contribution is 5.76. The predicted octanol–water partition coefficient (Wildman–Crippen LogP) is 0.356. The highest BCUT2D eigenvalue weighted by Crippen LogP contribution is 2.13. The van der Waals surface area contributed by atoms with E-state index >= 15 is 0 Å². The van der Waals surface area contributed by atoms with Gasteiger partial charge in [-0.2, -0.15) is 0 Å². The van der Waals surface area contributed by atoms with Gasteiger partial charge in [0.1, 0.15) is 0 Å². The van der Waals surface area contributed by atoms with Crippen molar-refractivity contribution in [2.45, 2.75) is 38.3 Å². The van der Waals surface area contributed by atoms with Gasteiger partial charge in [0.2, 0.25) is 0 Å². The number of hydrogen-bond donors (Lipinski definition) is 2. The lowest BCUT2D eigenvalue weighted by molar-refractivity contribution is -0.139. The summed E-state index contributed by atoms with van der Waals surface area (Å²) in [4.78, 5) is 27.1. The molecule has 0 spiro atoms. The molecule has 2 atom stereocenters. The standard InChI is InChI=1S/C14H25N3O4/c1-11(16-4-2-3-5-16)9-15-14(20)17-6-7-21-10-12(17)8-13(18)19/h11-12H,2-10H2,1H3,(H,15,20)(H,18,19). The third kappa shape index (κ3) is 4.57. The number of amides is 2. The molecule has 0 saturated carbocycles. The smallest absolute Gasteiger partial charge is 0.317 e. The van der Waals surface area contributed by atoms with E-state index in [1.807, 2.05) is 0 Å². The zero-order valence-electron chi connectivity index (χ0n) is 12.6. The maximum Gasteiger partial charge on any atom is 0.317 e. The largest absolute Gasteiger partial charge is 0.481 e. The number of ether oxygens (including phenoxy) is 1. The van der Waals surface area contributed by atoms with Gasteiger partial charge in [-0.3, -0.25) is 9.69 Å². The second-order valence-corrected chi connectivity index (χ2v) is 5.80. The van der Waals surface area contributed by atoms with Gasteiger partial charge in [0.15, 0.2) is 0 Å². The van der Waals surface area contributed by atoms with Crippen molar-refractivity contribution in [3.05, 3.63) is 0 Å². The molecular weight excluding hydrogens is 274 g/mol. The summed E-state index contributed by atoms with van der Waals surface area (Å²) in [5, 5.41) is 11.8. The van der Waals surface area contributed by atoms with Crippen LogP contribution in [0.15, 0.2) is 0 Å². The summed E-state index contributed by atoms with van der Waals surface area (Å²) in [6.45, 7) is 6.09. The molecule has 0 aliphatic carbocycles. The lowest BCUT2D eigenvalue weighted by Crippen LogP contribution is -2.54. The Bertz CT molecular complexity index is 371. The maximum atomic E-state index is 12.3. The van der Waals surface area contributed by atoms with Crippen LogP contribution in [0.25, 0.3) is 0 Å². The third-order valence-electron chi connectivity index (χ3n) is 4.21. The van der Waals surface area contributed by atoms with Crippen molar-refractivity contribution in [1.29, 1.82) is 0 Å². The fourth-order valence-electron chi connectivity index (χ4n) is 2.94. The Morgan fingerprint density at radius 3 is 2.71 bits per heavy atom. The zero-order valence-corrected chi connectivity index (χ0v) is 12.6. The first-order valence-electron chi connectivity index (χ1n) is 7.66. The van der Waals surface area contributed by atoms with Crippen molar-refractivity contribution in [2.24, 2.45) is 0 Å². The number of carboxylic acid groups (broad SMARTS) is 1.